The lowest BCUT2D eigenvalue weighted by atomic mass is 9.87. The number of rotatable bonds is 3. The Hall–Kier alpha value is -1.35. The van der Waals surface area contributed by atoms with Gasteiger partial charge in [0.25, 0.3) is 0 Å². The summed E-state index contributed by atoms with van der Waals surface area (Å²) in [5, 5.41) is 3.27. The Kier molecular flexibility index (Phi) is 4.03. The minimum absolute atomic E-state index is 0.0612. The number of fused-ring (bicyclic) bond motifs is 1. The Labute approximate surface area is 129 Å². The second-order valence-corrected chi connectivity index (χ2v) is 9.54. The molecule has 3 heteroatoms. The van der Waals surface area contributed by atoms with E-state index in [0.717, 1.165) is 12.8 Å². The van der Waals surface area contributed by atoms with Gasteiger partial charge in [-0.05, 0) is 24.0 Å². The first-order valence-corrected chi connectivity index (χ1v) is 10.5. The lowest BCUT2D eigenvalue weighted by Crippen LogP contribution is -2.45. The average molecular weight is 298 g/mol. The van der Waals surface area contributed by atoms with Gasteiger partial charge >= 0.3 is 0 Å². The van der Waals surface area contributed by atoms with Crippen molar-refractivity contribution in [2.24, 2.45) is 0 Å². The molecule has 0 aliphatic heterocycles. The molecule has 3 rings (SSSR count). The second kappa shape index (κ2) is 5.80. The van der Waals surface area contributed by atoms with Gasteiger partial charge in [0.05, 0.1) is 14.8 Å². The summed E-state index contributed by atoms with van der Waals surface area (Å²) >= 11 is 0. The average Bonchev–Trinajstić information content (AvgIpc) is 2.91. The normalized spacial score (nSPS) is 23.1. The van der Waals surface area contributed by atoms with Gasteiger partial charge in [-0.3, -0.25) is 4.79 Å². The molecule has 0 aromatic heterocycles. The summed E-state index contributed by atoms with van der Waals surface area (Å²) in [6.07, 6.45) is 10.1. The molecule has 21 heavy (non-hydrogen) atoms. The van der Waals surface area contributed by atoms with E-state index in [4.69, 9.17) is 0 Å². The molecule has 2 nitrogen and oxygen atoms in total. The largest absolute Gasteiger partial charge is 0.346 e. The molecule has 1 N–H and O–H groups in total. The van der Waals surface area contributed by atoms with Crippen LogP contribution in [0.15, 0.2) is 30.3 Å². The minimum Gasteiger partial charge on any atom is -0.346 e. The molecule has 1 atom stereocenters. The van der Waals surface area contributed by atoms with E-state index < -0.39 is 8.80 Å². The van der Waals surface area contributed by atoms with Crippen molar-refractivity contribution in [2.75, 3.05) is 0 Å². The predicted octanol–water partition coefficient (Wildman–Crippen LogP) is 4.33. The summed E-state index contributed by atoms with van der Waals surface area (Å²) in [6.45, 7) is 4.60. The van der Waals surface area contributed by atoms with Gasteiger partial charge in [-0.15, -0.1) is 0 Å². The zero-order valence-corrected chi connectivity index (χ0v) is 14.0. The fourth-order valence-corrected chi connectivity index (χ4v) is 5.64. The molecule has 0 spiro atoms. The Morgan fingerprint density at radius 3 is 2.62 bits per heavy atom. The fraction of sp³-hybridized carbons (Fsp3) is 0.500. The maximum atomic E-state index is 13.0. The first-order valence-electron chi connectivity index (χ1n) is 8.02. The van der Waals surface area contributed by atoms with E-state index in [1.54, 1.807) is 0 Å². The summed E-state index contributed by atoms with van der Waals surface area (Å²) < 4.78 is 0. The molecule has 1 aromatic rings. The van der Waals surface area contributed by atoms with Gasteiger partial charge in [-0.25, -0.2) is 0 Å². The van der Waals surface area contributed by atoms with E-state index in [0.29, 0.717) is 5.91 Å². The molecule has 1 amide bonds. The highest BCUT2D eigenvalue weighted by Gasteiger charge is 2.43. The van der Waals surface area contributed by atoms with Crippen LogP contribution in [0, 0.1) is 0 Å². The van der Waals surface area contributed by atoms with E-state index in [2.05, 4.69) is 54.8 Å². The van der Waals surface area contributed by atoms with Crippen LogP contribution in [-0.2, 0) is 4.79 Å². The van der Waals surface area contributed by atoms with Crippen molar-refractivity contribution in [2.45, 2.75) is 56.3 Å². The SMILES string of the molecule is C[Si](C)C1(C(=O)NC2C=Cc3ccccc32)CCCCC1. The highest BCUT2D eigenvalue weighted by Crippen LogP contribution is 2.46. The Balaban J connectivity index is 1.78. The van der Waals surface area contributed by atoms with Gasteiger partial charge in [0.2, 0.25) is 5.91 Å². The van der Waals surface area contributed by atoms with Crippen LogP contribution in [0.3, 0.4) is 0 Å². The van der Waals surface area contributed by atoms with Crippen LogP contribution in [0.25, 0.3) is 6.08 Å². The number of carbonyl (C=O) groups is 1. The van der Waals surface area contributed by atoms with Gasteiger partial charge in [-0.2, -0.15) is 0 Å². The molecule has 0 bridgehead atoms. The number of hydrogen-bond acceptors (Lipinski definition) is 1. The number of amides is 1. The third kappa shape index (κ3) is 2.59. The van der Waals surface area contributed by atoms with E-state index in [-0.39, 0.29) is 11.1 Å². The molecular weight excluding hydrogens is 274 g/mol. The van der Waals surface area contributed by atoms with E-state index in [1.165, 1.54) is 30.4 Å². The van der Waals surface area contributed by atoms with Gasteiger partial charge in [0.1, 0.15) is 0 Å². The molecule has 1 aromatic carbocycles. The van der Waals surface area contributed by atoms with Crippen LogP contribution in [0.5, 0.6) is 0 Å². The standard InChI is InChI=1S/C18H24NOSi/c1-21(2)18(12-6-3-7-13-18)17(20)19-16-11-10-14-8-4-5-9-15(14)16/h4-5,8-11,16H,3,6-7,12-13H2,1-2H3,(H,19,20). The summed E-state index contributed by atoms with van der Waals surface area (Å²) in [5.41, 5.74) is 2.47. The maximum absolute atomic E-state index is 13.0. The van der Waals surface area contributed by atoms with Gasteiger partial charge in [0.15, 0.2) is 0 Å². The van der Waals surface area contributed by atoms with Gasteiger partial charge < -0.3 is 5.32 Å². The summed E-state index contributed by atoms with van der Waals surface area (Å²) in [7, 11) is -0.647. The van der Waals surface area contributed by atoms with E-state index in [1.807, 2.05) is 0 Å². The molecule has 1 saturated carbocycles. The minimum atomic E-state index is -0.647. The summed E-state index contributed by atoms with van der Waals surface area (Å²) in [5.74, 6) is 0.299. The molecule has 2 aliphatic rings. The number of nitrogens with one attached hydrogen (secondary N) is 1. The van der Waals surface area contributed by atoms with Crippen LogP contribution >= 0.6 is 0 Å². The molecule has 2 aliphatic carbocycles. The highest BCUT2D eigenvalue weighted by molar-refractivity contribution is 6.64. The van der Waals surface area contributed by atoms with Crippen molar-refractivity contribution in [1.82, 2.24) is 5.32 Å². The predicted molar refractivity (Wildman–Crippen MR) is 89.6 cm³/mol. The van der Waals surface area contributed by atoms with Crippen LogP contribution in [0.1, 0.15) is 49.3 Å². The molecule has 1 fully saturated rings. The summed E-state index contributed by atoms with van der Waals surface area (Å²) in [6, 6.07) is 8.40. The topological polar surface area (TPSA) is 29.1 Å². The highest BCUT2D eigenvalue weighted by atomic mass is 28.3. The second-order valence-electron chi connectivity index (χ2n) is 6.58. The van der Waals surface area contributed by atoms with Crippen LogP contribution in [0.4, 0.5) is 0 Å². The van der Waals surface area contributed by atoms with E-state index >= 15 is 0 Å². The number of carbonyl (C=O) groups excluding carboxylic acids is 1. The molecule has 111 valence electrons. The smallest absolute Gasteiger partial charge is 0.223 e. The summed E-state index contributed by atoms with van der Waals surface area (Å²) in [4.78, 5) is 13.0. The monoisotopic (exact) mass is 298 g/mol. The quantitative estimate of drug-likeness (QED) is 0.827. The van der Waals surface area contributed by atoms with E-state index in [9.17, 15) is 4.79 Å². The Morgan fingerprint density at radius 1 is 1.19 bits per heavy atom. The van der Waals surface area contributed by atoms with Crippen LogP contribution in [0.2, 0.25) is 18.1 Å². The lowest BCUT2D eigenvalue weighted by Gasteiger charge is -2.39. The third-order valence-electron chi connectivity index (χ3n) is 5.18. The molecule has 0 saturated heterocycles. The number of benzene rings is 1. The zero-order valence-electron chi connectivity index (χ0n) is 13.0. The van der Waals surface area contributed by atoms with Crippen LogP contribution in [-0.4, -0.2) is 14.7 Å². The fourth-order valence-electron chi connectivity index (χ4n) is 3.76. The number of hydrogen-bond donors (Lipinski definition) is 1. The molecule has 1 unspecified atom stereocenters. The van der Waals surface area contributed by atoms with Crippen molar-refractivity contribution in [1.29, 1.82) is 0 Å². The molecular formula is C18H24NOSi. The maximum Gasteiger partial charge on any atom is 0.223 e. The van der Waals surface area contributed by atoms with Crippen molar-refractivity contribution < 1.29 is 4.79 Å². The lowest BCUT2D eigenvalue weighted by molar-refractivity contribution is -0.125. The Bertz CT molecular complexity index is 558. The molecule has 0 heterocycles. The van der Waals surface area contributed by atoms with Crippen LogP contribution < -0.4 is 5.32 Å². The first-order chi connectivity index (χ1) is 10.1. The van der Waals surface area contributed by atoms with Gasteiger partial charge in [0, 0.05) is 5.04 Å². The zero-order chi connectivity index (χ0) is 14.9. The third-order valence-corrected chi connectivity index (χ3v) is 7.83. The van der Waals surface area contributed by atoms with Gasteiger partial charge in [-0.1, -0.05) is 68.8 Å². The molecule has 1 radical (unpaired) electrons. The van der Waals surface area contributed by atoms with Crippen molar-refractivity contribution in [3.63, 3.8) is 0 Å². The first kappa shape index (κ1) is 14.6. The van der Waals surface area contributed by atoms with Crippen molar-refractivity contribution in [3.05, 3.63) is 41.5 Å². The Morgan fingerprint density at radius 2 is 1.90 bits per heavy atom. The van der Waals surface area contributed by atoms with Crippen molar-refractivity contribution in [3.8, 4) is 0 Å². The van der Waals surface area contributed by atoms with Crippen molar-refractivity contribution >= 4 is 20.8 Å².